The van der Waals surface area contributed by atoms with E-state index in [1.54, 1.807) is 24.3 Å². The maximum absolute atomic E-state index is 14.6. The smallest absolute Gasteiger partial charge is 0.373 e. The predicted octanol–water partition coefficient (Wildman–Crippen LogP) is 6.58. The lowest BCUT2D eigenvalue weighted by molar-refractivity contribution is -0.0696. The molecule has 0 N–H and O–H groups in total. The molecule has 0 spiro atoms. The van der Waals surface area contributed by atoms with Gasteiger partial charge in [0.1, 0.15) is 11.6 Å². The molecule has 2 heterocycles. The van der Waals surface area contributed by atoms with Crippen molar-refractivity contribution in [1.29, 1.82) is 0 Å². The Labute approximate surface area is 176 Å². The Bertz CT molecular complexity index is 1170. The van der Waals surface area contributed by atoms with Crippen molar-refractivity contribution >= 4 is 10.8 Å². The third-order valence-electron chi connectivity index (χ3n) is 5.32. The summed E-state index contributed by atoms with van der Waals surface area (Å²) in [6.07, 6.45) is -1.08. The molecule has 1 aromatic heterocycles. The summed E-state index contributed by atoms with van der Waals surface area (Å²) >= 11 is 0. The molecule has 31 heavy (non-hydrogen) atoms. The summed E-state index contributed by atoms with van der Waals surface area (Å²) in [4.78, 5) is 4.45. The van der Waals surface area contributed by atoms with E-state index in [4.69, 9.17) is 4.74 Å². The minimum absolute atomic E-state index is 0.00812. The van der Waals surface area contributed by atoms with Crippen LogP contribution in [-0.2, 0) is 4.74 Å². The van der Waals surface area contributed by atoms with Gasteiger partial charge in [0, 0.05) is 29.7 Å². The summed E-state index contributed by atoms with van der Waals surface area (Å²) in [6.45, 7) is 2.86. The highest BCUT2D eigenvalue weighted by Gasteiger charge is 2.24. The first-order chi connectivity index (χ1) is 14.7. The molecule has 2 nitrogen and oxygen atoms in total. The Morgan fingerprint density at radius 1 is 1.06 bits per heavy atom. The molecule has 1 saturated heterocycles. The van der Waals surface area contributed by atoms with E-state index in [1.807, 2.05) is 12.1 Å². The number of aromatic nitrogens is 1. The third-order valence-corrected chi connectivity index (χ3v) is 5.32. The number of pyridine rings is 1. The van der Waals surface area contributed by atoms with Crippen LogP contribution in [-0.4, -0.2) is 17.8 Å². The molecule has 4 rings (SSSR count). The highest BCUT2D eigenvalue weighted by atomic mass is 19.4. The average Bonchev–Trinajstić information content (AvgIpc) is 2.73. The predicted molar refractivity (Wildman–Crippen MR) is 107 cm³/mol. The molecule has 0 aliphatic carbocycles. The summed E-state index contributed by atoms with van der Waals surface area (Å²) in [5.74, 6) is 0.733. The van der Waals surface area contributed by atoms with Gasteiger partial charge in [-0.2, -0.15) is 13.2 Å². The van der Waals surface area contributed by atoms with E-state index >= 15 is 0 Å². The molecule has 0 saturated carbocycles. The summed E-state index contributed by atoms with van der Waals surface area (Å²) in [7, 11) is 0. The fraction of sp³-hybridized carbons (Fsp3) is 0.292. The van der Waals surface area contributed by atoms with Gasteiger partial charge in [0.25, 0.3) is 0 Å². The zero-order chi connectivity index (χ0) is 22.2. The molecule has 3 aromatic rings. The molecule has 2 atom stereocenters. The van der Waals surface area contributed by atoms with Crippen LogP contribution in [0, 0.1) is 29.4 Å². The van der Waals surface area contributed by atoms with Gasteiger partial charge in [-0.1, -0.05) is 31.0 Å². The van der Waals surface area contributed by atoms with Gasteiger partial charge in [-0.15, -0.1) is 0 Å². The lowest BCUT2D eigenvalue weighted by atomic mass is 9.96. The SMILES string of the molecule is CC1CCC(c2ccc(-c3ccc4c(F)c(C#CC(F)(F)F)c(F)cc4c3)nc2)OC1. The van der Waals surface area contributed by atoms with Crippen molar-refractivity contribution in [3.63, 3.8) is 0 Å². The van der Waals surface area contributed by atoms with E-state index in [-0.39, 0.29) is 16.9 Å². The highest BCUT2D eigenvalue weighted by molar-refractivity contribution is 5.88. The van der Waals surface area contributed by atoms with E-state index < -0.39 is 23.4 Å². The van der Waals surface area contributed by atoms with Crippen LogP contribution in [0.3, 0.4) is 0 Å². The van der Waals surface area contributed by atoms with Crippen molar-refractivity contribution in [3.8, 4) is 23.1 Å². The molecule has 0 bridgehead atoms. The van der Waals surface area contributed by atoms with Crippen LogP contribution < -0.4 is 0 Å². The van der Waals surface area contributed by atoms with Crippen LogP contribution in [0.1, 0.15) is 37.0 Å². The largest absolute Gasteiger partial charge is 0.458 e. The maximum atomic E-state index is 14.6. The van der Waals surface area contributed by atoms with Crippen LogP contribution in [0.15, 0.2) is 42.6 Å². The standard InChI is InChI=1S/C24H18F5NO/c1-14-2-7-22(31-13-14)16-4-6-21(30-12-16)15-3-5-18-17(10-15)11-20(25)19(23(18)26)8-9-24(27,28)29/h3-6,10-12,14,22H,2,7,13H2,1H3. The normalized spacial score (nSPS) is 19.2. The number of benzene rings is 2. The van der Waals surface area contributed by atoms with Gasteiger partial charge in [0.15, 0.2) is 0 Å². The second-order valence-corrected chi connectivity index (χ2v) is 7.71. The minimum atomic E-state index is -4.84. The summed E-state index contributed by atoms with van der Waals surface area (Å²) < 4.78 is 71.5. The van der Waals surface area contributed by atoms with Crippen molar-refractivity contribution < 1.29 is 26.7 Å². The molecule has 160 valence electrons. The van der Waals surface area contributed by atoms with Crippen molar-refractivity contribution in [2.45, 2.75) is 32.0 Å². The molecular weight excluding hydrogens is 413 g/mol. The number of hydrogen-bond donors (Lipinski definition) is 0. The second kappa shape index (κ2) is 8.27. The molecule has 0 radical (unpaired) electrons. The van der Waals surface area contributed by atoms with Gasteiger partial charge < -0.3 is 4.74 Å². The van der Waals surface area contributed by atoms with Gasteiger partial charge in [0.2, 0.25) is 0 Å². The lowest BCUT2D eigenvalue weighted by Crippen LogP contribution is -2.18. The van der Waals surface area contributed by atoms with Gasteiger partial charge >= 0.3 is 6.18 Å². The van der Waals surface area contributed by atoms with Crippen molar-refractivity contribution in [1.82, 2.24) is 4.98 Å². The van der Waals surface area contributed by atoms with Gasteiger partial charge in [-0.05, 0) is 47.9 Å². The Hall–Kier alpha value is -2.98. The molecule has 1 aliphatic rings. The fourth-order valence-corrected chi connectivity index (χ4v) is 3.65. The van der Waals surface area contributed by atoms with Crippen molar-refractivity contribution in [3.05, 3.63) is 65.4 Å². The number of rotatable bonds is 2. The molecule has 1 aliphatic heterocycles. The van der Waals surface area contributed by atoms with Crippen molar-refractivity contribution in [2.75, 3.05) is 6.61 Å². The Balaban J connectivity index is 1.64. The third kappa shape index (κ3) is 4.70. The highest BCUT2D eigenvalue weighted by Crippen LogP contribution is 2.32. The number of nitrogens with zero attached hydrogens (tertiary/aromatic N) is 1. The maximum Gasteiger partial charge on any atom is 0.458 e. The quantitative estimate of drug-likeness (QED) is 0.338. The van der Waals surface area contributed by atoms with Gasteiger partial charge in [-0.3, -0.25) is 4.98 Å². The monoisotopic (exact) mass is 431 g/mol. The Morgan fingerprint density at radius 2 is 1.87 bits per heavy atom. The number of fused-ring (bicyclic) bond motifs is 1. The first-order valence-corrected chi connectivity index (χ1v) is 9.81. The molecule has 7 heteroatoms. The molecule has 2 unspecified atom stereocenters. The van der Waals surface area contributed by atoms with Crippen LogP contribution in [0.4, 0.5) is 22.0 Å². The average molecular weight is 431 g/mol. The molecule has 1 fully saturated rings. The second-order valence-electron chi connectivity index (χ2n) is 7.71. The fourth-order valence-electron chi connectivity index (χ4n) is 3.65. The number of ether oxygens (including phenoxy) is 1. The molecule has 0 amide bonds. The number of alkyl halides is 3. The number of halogens is 5. The minimum Gasteiger partial charge on any atom is -0.373 e. The first-order valence-electron chi connectivity index (χ1n) is 9.81. The van der Waals surface area contributed by atoms with Crippen LogP contribution in [0.5, 0.6) is 0 Å². The van der Waals surface area contributed by atoms with E-state index in [2.05, 4.69) is 11.9 Å². The number of hydrogen-bond acceptors (Lipinski definition) is 2. The summed E-state index contributed by atoms with van der Waals surface area (Å²) in [5, 5.41) is 0.193. The van der Waals surface area contributed by atoms with E-state index in [0.717, 1.165) is 30.4 Å². The Kier molecular flexibility index (Phi) is 5.67. The van der Waals surface area contributed by atoms with E-state index in [1.165, 1.54) is 6.07 Å². The molecular formula is C24H18F5NO. The lowest BCUT2D eigenvalue weighted by Gasteiger charge is -2.27. The van der Waals surface area contributed by atoms with E-state index in [9.17, 15) is 22.0 Å². The van der Waals surface area contributed by atoms with Crippen molar-refractivity contribution in [2.24, 2.45) is 5.92 Å². The van der Waals surface area contributed by atoms with Gasteiger partial charge in [-0.25, -0.2) is 8.78 Å². The zero-order valence-electron chi connectivity index (χ0n) is 16.6. The van der Waals surface area contributed by atoms with Gasteiger partial charge in [0.05, 0.1) is 17.4 Å². The van der Waals surface area contributed by atoms with E-state index in [0.29, 0.717) is 23.8 Å². The topological polar surface area (TPSA) is 22.1 Å². The first kappa shape index (κ1) is 21.3. The molecule has 2 aromatic carbocycles. The summed E-state index contributed by atoms with van der Waals surface area (Å²) in [6, 6.07) is 9.24. The van der Waals surface area contributed by atoms with Crippen LogP contribution >= 0.6 is 0 Å². The zero-order valence-corrected chi connectivity index (χ0v) is 16.6. The Morgan fingerprint density at radius 3 is 2.52 bits per heavy atom. The van der Waals surface area contributed by atoms with Crippen LogP contribution in [0.2, 0.25) is 0 Å². The van der Waals surface area contributed by atoms with Crippen LogP contribution in [0.25, 0.3) is 22.0 Å². The summed E-state index contributed by atoms with van der Waals surface area (Å²) in [5.41, 5.74) is 1.31.